The fourth-order valence-electron chi connectivity index (χ4n) is 1.77. The zero-order valence-electron chi connectivity index (χ0n) is 9.77. The van der Waals surface area contributed by atoms with Crippen LogP contribution in [-0.2, 0) is 4.79 Å². The topological polar surface area (TPSA) is 46.5 Å². The van der Waals surface area contributed by atoms with Crippen molar-refractivity contribution in [1.82, 2.24) is 0 Å². The summed E-state index contributed by atoms with van der Waals surface area (Å²) in [5.74, 6) is 0.121. The molecule has 0 fully saturated rings. The van der Waals surface area contributed by atoms with Crippen molar-refractivity contribution in [2.75, 3.05) is 7.11 Å². The van der Waals surface area contributed by atoms with E-state index < -0.39 is 5.97 Å². The van der Waals surface area contributed by atoms with E-state index >= 15 is 0 Å². The lowest BCUT2D eigenvalue weighted by Crippen LogP contribution is -2.00. The maximum Gasteiger partial charge on any atom is 0.303 e. The van der Waals surface area contributed by atoms with Gasteiger partial charge in [0.05, 0.1) is 13.5 Å². The first-order valence-electron chi connectivity index (χ1n) is 5.39. The van der Waals surface area contributed by atoms with Crippen molar-refractivity contribution in [3.05, 3.63) is 29.1 Å². The third-order valence-electron chi connectivity index (χ3n) is 2.71. The van der Waals surface area contributed by atoms with Gasteiger partial charge in [-0.2, -0.15) is 0 Å². The molecule has 1 heterocycles. The zero-order valence-corrected chi connectivity index (χ0v) is 10.6. The molecule has 2 rings (SSSR count). The van der Waals surface area contributed by atoms with Crippen molar-refractivity contribution < 1.29 is 14.6 Å². The Bertz CT molecular complexity index is 545. The minimum absolute atomic E-state index is 0.0518. The highest BCUT2D eigenvalue weighted by molar-refractivity contribution is 7.19. The van der Waals surface area contributed by atoms with Gasteiger partial charge < -0.3 is 9.84 Å². The molecule has 1 aromatic carbocycles. The molecule has 0 aliphatic carbocycles. The molecule has 2 aromatic rings. The van der Waals surface area contributed by atoms with Gasteiger partial charge >= 0.3 is 5.97 Å². The SMILES string of the molecule is COc1ccc2sc(C(C)CC(=O)O)cc2c1. The number of ether oxygens (including phenoxy) is 1. The maximum absolute atomic E-state index is 10.7. The summed E-state index contributed by atoms with van der Waals surface area (Å²) in [6, 6.07) is 7.96. The van der Waals surface area contributed by atoms with Crippen LogP contribution in [0.25, 0.3) is 10.1 Å². The fourth-order valence-corrected chi connectivity index (χ4v) is 2.87. The van der Waals surface area contributed by atoms with Crippen molar-refractivity contribution in [1.29, 1.82) is 0 Å². The van der Waals surface area contributed by atoms with Crippen LogP contribution in [0.2, 0.25) is 0 Å². The lowest BCUT2D eigenvalue weighted by atomic mass is 10.1. The number of thiophene rings is 1. The molecule has 1 N–H and O–H groups in total. The molecule has 3 nitrogen and oxygen atoms in total. The molecule has 0 aliphatic heterocycles. The second-order valence-corrected chi connectivity index (χ2v) is 5.17. The Morgan fingerprint density at radius 3 is 2.88 bits per heavy atom. The Labute approximate surface area is 104 Å². The Morgan fingerprint density at radius 1 is 1.47 bits per heavy atom. The molecule has 0 saturated carbocycles. The lowest BCUT2D eigenvalue weighted by Gasteiger charge is -2.03. The number of fused-ring (bicyclic) bond motifs is 1. The zero-order chi connectivity index (χ0) is 12.4. The van der Waals surface area contributed by atoms with Crippen molar-refractivity contribution in [2.45, 2.75) is 19.3 Å². The van der Waals surface area contributed by atoms with E-state index in [1.54, 1.807) is 18.4 Å². The quantitative estimate of drug-likeness (QED) is 0.903. The molecule has 90 valence electrons. The summed E-state index contributed by atoms with van der Waals surface area (Å²) in [4.78, 5) is 11.8. The van der Waals surface area contributed by atoms with Gasteiger partial charge in [-0.1, -0.05) is 6.92 Å². The van der Waals surface area contributed by atoms with Gasteiger partial charge in [0.15, 0.2) is 0 Å². The number of hydrogen-bond donors (Lipinski definition) is 1. The van der Waals surface area contributed by atoms with E-state index in [-0.39, 0.29) is 12.3 Å². The van der Waals surface area contributed by atoms with Crippen LogP contribution in [0, 0.1) is 0 Å². The summed E-state index contributed by atoms with van der Waals surface area (Å²) >= 11 is 1.65. The molecule has 4 heteroatoms. The molecule has 0 saturated heterocycles. The number of rotatable bonds is 4. The van der Waals surface area contributed by atoms with Gasteiger partial charge in [0.1, 0.15) is 5.75 Å². The van der Waals surface area contributed by atoms with E-state index in [1.807, 2.05) is 25.1 Å². The van der Waals surface area contributed by atoms with Crippen LogP contribution in [-0.4, -0.2) is 18.2 Å². The van der Waals surface area contributed by atoms with Crippen LogP contribution >= 0.6 is 11.3 Å². The molecule has 0 spiro atoms. The first-order valence-corrected chi connectivity index (χ1v) is 6.21. The van der Waals surface area contributed by atoms with Crippen molar-refractivity contribution in [2.24, 2.45) is 0 Å². The molecule has 0 radical (unpaired) electrons. The first-order chi connectivity index (χ1) is 8.10. The van der Waals surface area contributed by atoms with Crippen LogP contribution in [0.4, 0.5) is 0 Å². The number of aliphatic carboxylic acids is 1. The Balaban J connectivity index is 2.33. The van der Waals surface area contributed by atoms with E-state index in [0.717, 1.165) is 20.7 Å². The summed E-state index contributed by atoms with van der Waals surface area (Å²) in [6.07, 6.45) is 0.171. The van der Waals surface area contributed by atoms with Gasteiger partial charge in [-0.25, -0.2) is 0 Å². The highest BCUT2D eigenvalue weighted by Crippen LogP contribution is 2.34. The predicted molar refractivity (Wildman–Crippen MR) is 69.0 cm³/mol. The maximum atomic E-state index is 10.7. The molecule has 1 unspecified atom stereocenters. The average molecular weight is 250 g/mol. The van der Waals surface area contributed by atoms with E-state index in [1.165, 1.54) is 0 Å². The minimum atomic E-state index is -0.757. The number of carboxylic acids is 1. The molecule has 17 heavy (non-hydrogen) atoms. The van der Waals surface area contributed by atoms with Gasteiger partial charge in [0.25, 0.3) is 0 Å². The molecule has 0 amide bonds. The molecule has 0 bridgehead atoms. The van der Waals surface area contributed by atoms with Crippen LogP contribution in [0.3, 0.4) is 0 Å². The van der Waals surface area contributed by atoms with Crippen molar-refractivity contribution in [3.8, 4) is 5.75 Å². The summed E-state index contributed by atoms with van der Waals surface area (Å²) in [5.41, 5.74) is 0. The van der Waals surface area contributed by atoms with E-state index in [0.29, 0.717) is 0 Å². The first kappa shape index (κ1) is 11.9. The predicted octanol–water partition coefficient (Wildman–Crippen LogP) is 3.49. The van der Waals surface area contributed by atoms with E-state index in [9.17, 15) is 4.79 Å². The van der Waals surface area contributed by atoms with Gasteiger partial charge in [-0.3, -0.25) is 4.79 Å². The number of benzene rings is 1. The monoisotopic (exact) mass is 250 g/mol. The molecule has 1 aromatic heterocycles. The largest absolute Gasteiger partial charge is 0.497 e. The summed E-state index contributed by atoms with van der Waals surface area (Å²) < 4.78 is 6.33. The molecule has 1 atom stereocenters. The second kappa shape index (κ2) is 4.75. The van der Waals surface area contributed by atoms with Gasteiger partial charge in [0.2, 0.25) is 0 Å². The Hall–Kier alpha value is -1.55. The summed E-state index contributed by atoms with van der Waals surface area (Å²) in [6.45, 7) is 1.94. The van der Waals surface area contributed by atoms with E-state index in [2.05, 4.69) is 6.07 Å². The molecule has 0 aliphatic rings. The molecular weight excluding hydrogens is 236 g/mol. The highest BCUT2D eigenvalue weighted by atomic mass is 32.1. The van der Waals surface area contributed by atoms with Gasteiger partial charge in [-0.15, -0.1) is 11.3 Å². The second-order valence-electron chi connectivity index (χ2n) is 4.05. The van der Waals surface area contributed by atoms with Crippen LogP contribution in [0.1, 0.15) is 24.1 Å². The number of methoxy groups -OCH3 is 1. The third-order valence-corrected chi connectivity index (χ3v) is 4.06. The normalized spacial score (nSPS) is 12.6. The molecular formula is C13H14O3S. The van der Waals surface area contributed by atoms with Gasteiger partial charge in [-0.05, 0) is 29.7 Å². The Morgan fingerprint density at radius 2 is 2.24 bits per heavy atom. The smallest absolute Gasteiger partial charge is 0.303 e. The van der Waals surface area contributed by atoms with Crippen LogP contribution in [0.5, 0.6) is 5.75 Å². The number of carbonyl (C=O) groups is 1. The van der Waals surface area contributed by atoms with Gasteiger partial charge in [0, 0.05) is 15.5 Å². The minimum Gasteiger partial charge on any atom is -0.497 e. The van der Waals surface area contributed by atoms with Crippen LogP contribution in [0.15, 0.2) is 24.3 Å². The average Bonchev–Trinajstić information content (AvgIpc) is 2.70. The van der Waals surface area contributed by atoms with Crippen LogP contribution < -0.4 is 4.74 Å². The number of hydrogen-bond acceptors (Lipinski definition) is 3. The standard InChI is InChI=1S/C13H14O3S/c1-8(5-13(14)15)12-7-9-6-10(16-2)3-4-11(9)17-12/h3-4,6-8H,5H2,1-2H3,(H,14,15). The van der Waals surface area contributed by atoms with Crippen molar-refractivity contribution >= 4 is 27.4 Å². The van der Waals surface area contributed by atoms with Crippen molar-refractivity contribution in [3.63, 3.8) is 0 Å². The highest BCUT2D eigenvalue weighted by Gasteiger charge is 2.13. The lowest BCUT2D eigenvalue weighted by molar-refractivity contribution is -0.137. The van der Waals surface area contributed by atoms with E-state index in [4.69, 9.17) is 9.84 Å². The fraction of sp³-hybridized carbons (Fsp3) is 0.308. The summed E-state index contributed by atoms with van der Waals surface area (Å²) in [7, 11) is 1.64. The third kappa shape index (κ3) is 2.58. The Kier molecular flexibility index (Phi) is 3.33. The summed E-state index contributed by atoms with van der Waals surface area (Å²) in [5, 5.41) is 9.90. The number of carboxylic acid groups (broad SMARTS) is 1.